The van der Waals surface area contributed by atoms with Gasteiger partial charge in [0.15, 0.2) is 0 Å². The predicted octanol–water partition coefficient (Wildman–Crippen LogP) is 3.14. The molecular weight excluding hydrogens is 374 g/mol. The van der Waals surface area contributed by atoms with Crippen LogP contribution in [0, 0.1) is 13.8 Å². The summed E-state index contributed by atoms with van der Waals surface area (Å²) >= 11 is 0. The largest absolute Gasteiger partial charge is 0.370 e. The minimum Gasteiger partial charge on any atom is -0.370 e. The van der Waals surface area contributed by atoms with Crippen molar-refractivity contribution in [1.29, 1.82) is 0 Å². The summed E-state index contributed by atoms with van der Waals surface area (Å²) in [5, 5.41) is 11.7. The van der Waals surface area contributed by atoms with Gasteiger partial charge in [-0.15, -0.1) is 0 Å². The Balaban J connectivity index is 1.63. The van der Waals surface area contributed by atoms with Crippen LogP contribution in [0.4, 0.5) is 17.5 Å². The topological polar surface area (TPSA) is 110 Å². The monoisotopic (exact) mass is 397 g/mol. The second-order valence-corrected chi connectivity index (χ2v) is 8.09. The fraction of sp³-hybridized carbons (Fsp3) is 0.200. The number of nitrogens with two attached hydrogens (primary N) is 1. The molecule has 0 fully saturated rings. The van der Waals surface area contributed by atoms with Gasteiger partial charge in [-0.2, -0.15) is 4.98 Å². The molecule has 0 saturated carbocycles. The molecule has 0 unspecified atom stereocenters. The molecule has 0 bridgehead atoms. The van der Waals surface area contributed by atoms with Gasteiger partial charge in [0.1, 0.15) is 5.82 Å². The van der Waals surface area contributed by atoms with Gasteiger partial charge < -0.3 is 10.6 Å². The minimum absolute atomic E-state index is 0.113. The number of benzene rings is 2. The number of para-hydroxylation sites is 1. The molecule has 3 rings (SSSR count). The van der Waals surface area contributed by atoms with Crippen LogP contribution in [-0.2, 0) is 16.4 Å². The van der Waals surface area contributed by atoms with Crippen molar-refractivity contribution in [2.75, 3.05) is 17.2 Å². The molecule has 1 heterocycles. The highest BCUT2D eigenvalue weighted by Gasteiger charge is 2.07. The first-order valence-electron chi connectivity index (χ1n) is 8.85. The van der Waals surface area contributed by atoms with Crippen LogP contribution in [0.1, 0.15) is 16.8 Å². The average Bonchev–Trinajstić information content (AvgIpc) is 2.63. The fourth-order valence-electron chi connectivity index (χ4n) is 2.73. The maximum Gasteiger partial charge on any atom is 0.238 e. The van der Waals surface area contributed by atoms with Crippen LogP contribution in [0.5, 0.6) is 0 Å². The first kappa shape index (κ1) is 19.8. The molecule has 3 aromatic rings. The molecule has 1 aromatic heterocycles. The average molecular weight is 398 g/mol. The van der Waals surface area contributed by atoms with Crippen molar-refractivity contribution >= 4 is 27.5 Å². The van der Waals surface area contributed by atoms with Gasteiger partial charge in [-0.05, 0) is 49.6 Å². The van der Waals surface area contributed by atoms with E-state index in [9.17, 15) is 8.42 Å². The lowest BCUT2D eigenvalue weighted by Crippen LogP contribution is -2.12. The van der Waals surface area contributed by atoms with Crippen LogP contribution in [0.3, 0.4) is 0 Å². The number of hydrogen-bond acceptors (Lipinski definition) is 6. The number of primary sulfonamides is 1. The molecule has 28 heavy (non-hydrogen) atoms. The zero-order chi connectivity index (χ0) is 20.1. The second kappa shape index (κ2) is 8.37. The molecule has 2 aromatic carbocycles. The number of nitrogens with zero attached hydrogens (tertiary/aromatic N) is 2. The Kier molecular flexibility index (Phi) is 5.91. The summed E-state index contributed by atoms with van der Waals surface area (Å²) in [6.07, 6.45) is 0.717. The van der Waals surface area contributed by atoms with E-state index >= 15 is 0 Å². The predicted molar refractivity (Wildman–Crippen MR) is 111 cm³/mol. The highest BCUT2D eigenvalue weighted by molar-refractivity contribution is 7.89. The molecule has 0 aliphatic heterocycles. The Labute approximate surface area is 165 Å². The van der Waals surface area contributed by atoms with E-state index < -0.39 is 10.0 Å². The first-order chi connectivity index (χ1) is 13.3. The number of hydrogen-bond donors (Lipinski definition) is 3. The van der Waals surface area contributed by atoms with Crippen LogP contribution in [0.2, 0.25) is 0 Å². The third-order valence-corrected chi connectivity index (χ3v) is 5.15. The van der Waals surface area contributed by atoms with Crippen LogP contribution >= 0.6 is 0 Å². The summed E-state index contributed by atoms with van der Waals surface area (Å²) in [6.45, 7) is 4.59. The number of aryl methyl sites for hydroxylation is 2. The molecule has 0 amide bonds. The highest BCUT2D eigenvalue weighted by atomic mass is 32.2. The minimum atomic E-state index is -3.66. The Morgan fingerprint density at radius 2 is 1.71 bits per heavy atom. The van der Waals surface area contributed by atoms with Crippen molar-refractivity contribution in [2.45, 2.75) is 25.2 Å². The molecule has 0 saturated heterocycles. The standard InChI is InChI=1S/C20H23N5O2S/c1-14-5-3-4-6-18(14)24-20-23-15(2)13-19(25-20)22-12-11-16-7-9-17(10-8-16)28(21,26)27/h3-10,13H,11-12H2,1-2H3,(H2,21,26,27)(H2,22,23,24,25). The summed E-state index contributed by atoms with van der Waals surface area (Å²) in [6, 6.07) is 16.4. The van der Waals surface area contributed by atoms with E-state index in [1.807, 2.05) is 44.2 Å². The Morgan fingerprint density at radius 3 is 2.39 bits per heavy atom. The molecule has 146 valence electrons. The number of sulfonamides is 1. The second-order valence-electron chi connectivity index (χ2n) is 6.52. The van der Waals surface area contributed by atoms with Crippen molar-refractivity contribution in [2.24, 2.45) is 5.14 Å². The van der Waals surface area contributed by atoms with Gasteiger partial charge in [-0.1, -0.05) is 30.3 Å². The molecule has 8 heteroatoms. The van der Waals surface area contributed by atoms with Crippen LogP contribution < -0.4 is 15.8 Å². The molecule has 0 spiro atoms. The summed E-state index contributed by atoms with van der Waals surface area (Å²) in [5.74, 6) is 1.26. The lowest BCUT2D eigenvalue weighted by atomic mass is 10.1. The summed E-state index contributed by atoms with van der Waals surface area (Å²) < 4.78 is 22.6. The SMILES string of the molecule is Cc1cc(NCCc2ccc(S(N)(=O)=O)cc2)nc(Nc2ccccc2C)n1. The van der Waals surface area contributed by atoms with Gasteiger partial charge in [0.2, 0.25) is 16.0 Å². The summed E-state index contributed by atoms with van der Waals surface area (Å²) in [7, 11) is -3.66. The van der Waals surface area contributed by atoms with Crippen molar-refractivity contribution in [3.63, 3.8) is 0 Å². The van der Waals surface area contributed by atoms with Crippen molar-refractivity contribution in [3.8, 4) is 0 Å². The van der Waals surface area contributed by atoms with Crippen LogP contribution in [-0.4, -0.2) is 24.9 Å². The number of aromatic nitrogens is 2. The number of anilines is 3. The quantitative estimate of drug-likeness (QED) is 0.565. The molecule has 0 aliphatic carbocycles. The molecule has 0 aliphatic rings. The van der Waals surface area contributed by atoms with E-state index in [-0.39, 0.29) is 4.90 Å². The summed E-state index contributed by atoms with van der Waals surface area (Å²) in [4.78, 5) is 9.07. The normalized spacial score (nSPS) is 11.2. The number of rotatable bonds is 7. The Hall–Kier alpha value is -2.97. The maximum absolute atomic E-state index is 11.3. The van der Waals surface area contributed by atoms with E-state index in [2.05, 4.69) is 20.6 Å². The maximum atomic E-state index is 11.3. The van der Waals surface area contributed by atoms with Crippen molar-refractivity contribution in [3.05, 3.63) is 71.4 Å². The zero-order valence-electron chi connectivity index (χ0n) is 15.8. The molecule has 0 atom stereocenters. The van der Waals surface area contributed by atoms with Crippen molar-refractivity contribution in [1.82, 2.24) is 9.97 Å². The van der Waals surface area contributed by atoms with Gasteiger partial charge in [0, 0.05) is 24.0 Å². The lowest BCUT2D eigenvalue weighted by molar-refractivity contribution is 0.598. The number of nitrogens with one attached hydrogen (secondary N) is 2. The van der Waals surface area contributed by atoms with Gasteiger partial charge in [-0.3, -0.25) is 0 Å². The molecule has 4 N–H and O–H groups in total. The van der Waals surface area contributed by atoms with E-state index in [0.717, 1.165) is 28.3 Å². The van der Waals surface area contributed by atoms with Gasteiger partial charge >= 0.3 is 0 Å². The molecular formula is C20H23N5O2S. The molecule has 7 nitrogen and oxygen atoms in total. The smallest absolute Gasteiger partial charge is 0.238 e. The van der Waals surface area contributed by atoms with E-state index in [1.54, 1.807) is 12.1 Å². The lowest BCUT2D eigenvalue weighted by Gasteiger charge is -2.11. The van der Waals surface area contributed by atoms with E-state index in [4.69, 9.17) is 5.14 Å². The van der Waals surface area contributed by atoms with Crippen molar-refractivity contribution < 1.29 is 8.42 Å². The zero-order valence-corrected chi connectivity index (χ0v) is 16.6. The fourth-order valence-corrected chi connectivity index (χ4v) is 3.24. The first-order valence-corrected chi connectivity index (χ1v) is 10.4. The van der Waals surface area contributed by atoms with Gasteiger partial charge in [0.25, 0.3) is 0 Å². The van der Waals surface area contributed by atoms with E-state index in [1.165, 1.54) is 12.1 Å². The third-order valence-electron chi connectivity index (χ3n) is 4.22. The van der Waals surface area contributed by atoms with E-state index in [0.29, 0.717) is 18.9 Å². The van der Waals surface area contributed by atoms with Crippen LogP contribution in [0.25, 0.3) is 0 Å². The van der Waals surface area contributed by atoms with Crippen LogP contribution in [0.15, 0.2) is 59.5 Å². The summed E-state index contributed by atoms with van der Waals surface area (Å²) in [5.41, 5.74) is 3.94. The highest BCUT2D eigenvalue weighted by Crippen LogP contribution is 2.19. The van der Waals surface area contributed by atoms with Gasteiger partial charge in [-0.25, -0.2) is 18.5 Å². The Bertz CT molecular complexity index is 1070. The van der Waals surface area contributed by atoms with Gasteiger partial charge in [0.05, 0.1) is 4.90 Å². The Morgan fingerprint density at radius 1 is 1.00 bits per heavy atom. The molecule has 0 radical (unpaired) electrons. The third kappa shape index (κ3) is 5.28.